The molecule has 4 heteroatoms. The van der Waals surface area contributed by atoms with E-state index in [1.165, 1.54) is 5.56 Å². The topological polar surface area (TPSA) is 71.9 Å². The maximum Gasteiger partial charge on any atom is 0.262 e. The second kappa shape index (κ2) is 5.56. The summed E-state index contributed by atoms with van der Waals surface area (Å²) in [6, 6.07) is 9.67. The number of pyridine rings is 1. The van der Waals surface area contributed by atoms with Crippen LogP contribution >= 0.6 is 0 Å². The fraction of sp³-hybridized carbons (Fsp3) is 0.294. The molecule has 0 aliphatic heterocycles. The van der Waals surface area contributed by atoms with Gasteiger partial charge in [0.15, 0.2) is 0 Å². The van der Waals surface area contributed by atoms with Gasteiger partial charge in [0.25, 0.3) is 5.56 Å². The van der Waals surface area contributed by atoms with Crippen LogP contribution in [0.5, 0.6) is 0 Å². The lowest BCUT2D eigenvalue weighted by molar-refractivity contribution is 0.584. The molecule has 110 valence electrons. The standard InChI is InChI=1S/C17H21N3O/c1-10(2)20-15(8-7-14(16(18)19)17(20)21)13-6-5-11(3)9-12(13)4/h5-10H,1-4H3,(H3,18,19). The molecule has 0 fully saturated rings. The number of nitrogen functional groups attached to an aromatic ring is 1. The van der Waals surface area contributed by atoms with E-state index in [2.05, 4.69) is 6.07 Å². The maximum atomic E-state index is 12.6. The average molecular weight is 283 g/mol. The lowest BCUT2D eigenvalue weighted by Crippen LogP contribution is -2.31. The predicted molar refractivity (Wildman–Crippen MR) is 87.0 cm³/mol. The van der Waals surface area contributed by atoms with E-state index in [-0.39, 0.29) is 23.0 Å². The van der Waals surface area contributed by atoms with E-state index < -0.39 is 0 Å². The van der Waals surface area contributed by atoms with Crippen LogP contribution in [-0.2, 0) is 0 Å². The molecule has 1 heterocycles. The first-order chi connectivity index (χ1) is 9.82. The van der Waals surface area contributed by atoms with Gasteiger partial charge in [0, 0.05) is 11.6 Å². The van der Waals surface area contributed by atoms with Crippen molar-refractivity contribution in [3.8, 4) is 11.3 Å². The van der Waals surface area contributed by atoms with Crippen LogP contribution < -0.4 is 11.3 Å². The minimum Gasteiger partial charge on any atom is -0.384 e. The Morgan fingerprint density at radius 3 is 2.38 bits per heavy atom. The fourth-order valence-corrected chi connectivity index (χ4v) is 2.59. The first-order valence-corrected chi connectivity index (χ1v) is 7.00. The number of hydrogen-bond donors (Lipinski definition) is 2. The molecule has 1 aromatic carbocycles. The molecule has 0 radical (unpaired) electrons. The van der Waals surface area contributed by atoms with Crippen LogP contribution in [0.15, 0.2) is 35.1 Å². The quantitative estimate of drug-likeness (QED) is 0.671. The minimum absolute atomic E-state index is 0.00694. The number of nitrogens with one attached hydrogen (secondary N) is 1. The van der Waals surface area contributed by atoms with Gasteiger partial charge in [-0.05, 0) is 45.4 Å². The number of aromatic nitrogens is 1. The van der Waals surface area contributed by atoms with E-state index in [1.807, 2.05) is 45.9 Å². The summed E-state index contributed by atoms with van der Waals surface area (Å²) in [6.45, 7) is 8.00. The summed E-state index contributed by atoms with van der Waals surface area (Å²) in [7, 11) is 0. The molecule has 2 rings (SSSR count). The number of aryl methyl sites for hydroxylation is 2. The fourth-order valence-electron chi connectivity index (χ4n) is 2.59. The largest absolute Gasteiger partial charge is 0.384 e. The summed E-state index contributed by atoms with van der Waals surface area (Å²) in [4.78, 5) is 12.6. The highest BCUT2D eigenvalue weighted by Crippen LogP contribution is 2.25. The Morgan fingerprint density at radius 2 is 1.86 bits per heavy atom. The van der Waals surface area contributed by atoms with Crippen LogP contribution in [0.4, 0.5) is 0 Å². The van der Waals surface area contributed by atoms with Crippen molar-refractivity contribution in [3.63, 3.8) is 0 Å². The van der Waals surface area contributed by atoms with Gasteiger partial charge in [-0.25, -0.2) is 0 Å². The molecule has 0 unspecified atom stereocenters. The summed E-state index contributed by atoms with van der Waals surface area (Å²) in [5, 5.41) is 7.52. The lowest BCUT2D eigenvalue weighted by Gasteiger charge is -2.19. The maximum absolute atomic E-state index is 12.6. The molecule has 0 saturated carbocycles. The van der Waals surface area contributed by atoms with Crippen molar-refractivity contribution in [2.75, 3.05) is 0 Å². The number of nitrogens with two attached hydrogens (primary N) is 1. The molecule has 0 bridgehead atoms. The van der Waals surface area contributed by atoms with Gasteiger partial charge in [-0.2, -0.15) is 0 Å². The van der Waals surface area contributed by atoms with Gasteiger partial charge in [-0.1, -0.05) is 23.8 Å². The van der Waals surface area contributed by atoms with Gasteiger partial charge < -0.3 is 10.3 Å². The molecule has 0 aliphatic carbocycles. The number of amidine groups is 1. The molecule has 1 aromatic heterocycles. The molecule has 0 atom stereocenters. The summed E-state index contributed by atoms with van der Waals surface area (Å²) < 4.78 is 1.70. The molecule has 2 aromatic rings. The Balaban J connectivity index is 2.78. The highest BCUT2D eigenvalue weighted by molar-refractivity contribution is 5.94. The normalized spacial score (nSPS) is 10.9. The van der Waals surface area contributed by atoms with Crippen LogP contribution in [-0.4, -0.2) is 10.4 Å². The van der Waals surface area contributed by atoms with Gasteiger partial charge in [0.1, 0.15) is 5.84 Å². The van der Waals surface area contributed by atoms with Gasteiger partial charge >= 0.3 is 0 Å². The summed E-state index contributed by atoms with van der Waals surface area (Å²) in [6.07, 6.45) is 0. The summed E-state index contributed by atoms with van der Waals surface area (Å²) in [5.41, 5.74) is 9.73. The van der Waals surface area contributed by atoms with Crippen molar-refractivity contribution in [1.29, 1.82) is 5.41 Å². The van der Waals surface area contributed by atoms with E-state index >= 15 is 0 Å². The first-order valence-electron chi connectivity index (χ1n) is 7.00. The lowest BCUT2D eigenvalue weighted by atomic mass is 10.0. The Morgan fingerprint density at radius 1 is 1.19 bits per heavy atom. The Bertz CT molecular complexity index is 757. The molecule has 0 spiro atoms. The summed E-state index contributed by atoms with van der Waals surface area (Å²) >= 11 is 0. The van der Waals surface area contributed by atoms with Crippen molar-refractivity contribution < 1.29 is 0 Å². The van der Waals surface area contributed by atoms with E-state index in [0.29, 0.717) is 0 Å². The van der Waals surface area contributed by atoms with Gasteiger partial charge in [-0.15, -0.1) is 0 Å². The van der Waals surface area contributed by atoms with Gasteiger partial charge in [0.05, 0.1) is 11.3 Å². The van der Waals surface area contributed by atoms with E-state index in [0.717, 1.165) is 16.8 Å². The van der Waals surface area contributed by atoms with Crippen LogP contribution in [0.1, 0.15) is 36.6 Å². The molecule has 21 heavy (non-hydrogen) atoms. The number of benzene rings is 1. The zero-order valence-corrected chi connectivity index (χ0v) is 12.9. The number of nitrogens with zero attached hydrogens (tertiary/aromatic N) is 1. The third-order valence-corrected chi connectivity index (χ3v) is 3.58. The third kappa shape index (κ3) is 2.75. The van der Waals surface area contributed by atoms with Crippen molar-refractivity contribution >= 4 is 5.84 Å². The van der Waals surface area contributed by atoms with Gasteiger partial charge in [0.2, 0.25) is 0 Å². The van der Waals surface area contributed by atoms with Gasteiger partial charge in [-0.3, -0.25) is 10.2 Å². The molecular formula is C17H21N3O. The van der Waals surface area contributed by atoms with Crippen molar-refractivity contribution in [2.24, 2.45) is 5.73 Å². The Labute approximate surface area is 124 Å². The molecule has 4 nitrogen and oxygen atoms in total. The van der Waals surface area contributed by atoms with Crippen molar-refractivity contribution in [3.05, 3.63) is 57.4 Å². The summed E-state index contributed by atoms with van der Waals surface area (Å²) in [5.74, 6) is -0.193. The van der Waals surface area contributed by atoms with E-state index in [1.54, 1.807) is 10.6 Å². The second-order valence-corrected chi connectivity index (χ2v) is 5.63. The molecular weight excluding hydrogens is 262 g/mol. The Kier molecular flexibility index (Phi) is 3.98. The monoisotopic (exact) mass is 283 g/mol. The number of hydrogen-bond acceptors (Lipinski definition) is 2. The molecule has 3 N–H and O–H groups in total. The second-order valence-electron chi connectivity index (χ2n) is 5.63. The number of rotatable bonds is 3. The zero-order valence-electron chi connectivity index (χ0n) is 12.9. The zero-order chi connectivity index (χ0) is 15.7. The molecule has 0 saturated heterocycles. The smallest absolute Gasteiger partial charge is 0.262 e. The minimum atomic E-state index is -0.213. The van der Waals surface area contributed by atoms with Crippen LogP contribution in [0.3, 0.4) is 0 Å². The highest BCUT2D eigenvalue weighted by Gasteiger charge is 2.15. The molecule has 0 amide bonds. The third-order valence-electron chi connectivity index (χ3n) is 3.58. The van der Waals surface area contributed by atoms with E-state index in [9.17, 15) is 4.79 Å². The Hall–Kier alpha value is -2.36. The average Bonchev–Trinajstić information content (AvgIpc) is 2.37. The molecule has 0 aliphatic rings. The van der Waals surface area contributed by atoms with Crippen LogP contribution in [0, 0.1) is 19.3 Å². The van der Waals surface area contributed by atoms with Crippen LogP contribution in [0.2, 0.25) is 0 Å². The predicted octanol–water partition coefficient (Wildman–Crippen LogP) is 3.00. The first kappa shape index (κ1) is 15.0. The van der Waals surface area contributed by atoms with Crippen LogP contribution in [0.25, 0.3) is 11.3 Å². The highest BCUT2D eigenvalue weighted by atomic mass is 16.1. The van der Waals surface area contributed by atoms with Crippen molar-refractivity contribution in [1.82, 2.24) is 4.57 Å². The van der Waals surface area contributed by atoms with Crippen molar-refractivity contribution in [2.45, 2.75) is 33.7 Å². The SMILES string of the molecule is Cc1ccc(-c2ccc(C(=N)N)c(=O)n2C(C)C)c(C)c1. The van der Waals surface area contributed by atoms with E-state index in [4.69, 9.17) is 11.1 Å².